The minimum atomic E-state index is -0.444. The Bertz CT molecular complexity index is 876. The van der Waals surface area contributed by atoms with Crippen molar-refractivity contribution >= 4 is 39.1 Å². The molecule has 2 heterocycles. The Balaban J connectivity index is 1.46. The molecule has 0 aliphatic heterocycles. The number of hydrogen-bond donors (Lipinski definition) is 2. The molecule has 0 bridgehead atoms. The fourth-order valence-corrected chi connectivity index (χ4v) is 3.17. The molecule has 0 radical (unpaired) electrons. The summed E-state index contributed by atoms with van der Waals surface area (Å²) in [5, 5.41) is 8.03. The van der Waals surface area contributed by atoms with Crippen LogP contribution in [-0.2, 0) is 11.3 Å². The first-order valence-corrected chi connectivity index (χ1v) is 9.09. The number of benzene rings is 1. The van der Waals surface area contributed by atoms with Crippen LogP contribution in [0.15, 0.2) is 56.9 Å². The Hall–Kier alpha value is -2.45. The van der Waals surface area contributed by atoms with Crippen molar-refractivity contribution in [1.82, 2.24) is 15.6 Å². The van der Waals surface area contributed by atoms with E-state index in [4.69, 9.17) is 4.42 Å². The van der Waals surface area contributed by atoms with Gasteiger partial charge >= 0.3 is 0 Å². The van der Waals surface area contributed by atoms with Crippen LogP contribution in [0.3, 0.4) is 0 Å². The van der Waals surface area contributed by atoms with Gasteiger partial charge in [0.1, 0.15) is 5.01 Å². The predicted molar refractivity (Wildman–Crippen MR) is 98.1 cm³/mol. The van der Waals surface area contributed by atoms with Crippen LogP contribution in [0.25, 0.3) is 10.6 Å². The van der Waals surface area contributed by atoms with Crippen molar-refractivity contribution < 1.29 is 14.0 Å². The molecule has 25 heavy (non-hydrogen) atoms. The van der Waals surface area contributed by atoms with Crippen molar-refractivity contribution in [3.05, 3.63) is 64.0 Å². The van der Waals surface area contributed by atoms with Crippen molar-refractivity contribution in [3.8, 4) is 10.6 Å². The molecular formula is C17H14BrN3O3S. The van der Waals surface area contributed by atoms with Crippen LogP contribution in [0.4, 0.5) is 0 Å². The summed E-state index contributed by atoms with van der Waals surface area (Å²) in [7, 11) is 0. The van der Waals surface area contributed by atoms with Crippen LogP contribution in [0.1, 0.15) is 16.2 Å². The van der Waals surface area contributed by atoms with Gasteiger partial charge in [-0.2, -0.15) is 0 Å². The van der Waals surface area contributed by atoms with Crippen molar-refractivity contribution in [2.45, 2.75) is 6.54 Å². The van der Waals surface area contributed by atoms with Crippen molar-refractivity contribution in [2.24, 2.45) is 0 Å². The van der Waals surface area contributed by atoms with Crippen LogP contribution in [0.2, 0.25) is 0 Å². The standard InChI is InChI=1S/C17H14BrN3O3S/c18-14-7-6-13(24-14)16(23)20-9-15(22)19-8-12-10-25-17(21-12)11-4-2-1-3-5-11/h1-7,10H,8-9H2,(H,19,22)(H,20,23). The zero-order valence-corrected chi connectivity index (χ0v) is 15.4. The lowest BCUT2D eigenvalue weighted by atomic mass is 10.2. The summed E-state index contributed by atoms with van der Waals surface area (Å²) in [6.45, 7) is 0.178. The molecule has 1 aromatic carbocycles. The smallest absolute Gasteiger partial charge is 0.287 e. The Morgan fingerprint density at radius 1 is 1.12 bits per heavy atom. The number of nitrogens with zero attached hydrogens (tertiary/aromatic N) is 1. The molecule has 0 unspecified atom stereocenters. The third kappa shape index (κ3) is 4.77. The summed E-state index contributed by atoms with van der Waals surface area (Å²) in [4.78, 5) is 28.1. The summed E-state index contributed by atoms with van der Waals surface area (Å²) in [6.07, 6.45) is 0. The van der Waals surface area contributed by atoms with Crippen molar-refractivity contribution in [1.29, 1.82) is 0 Å². The Kier molecular flexibility index (Phi) is 5.62. The molecule has 0 atom stereocenters. The van der Waals surface area contributed by atoms with Crippen LogP contribution < -0.4 is 10.6 Å². The molecule has 0 saturated carbocycles. The SMILES string of the molecule is O=C(CNC(=O)c1ccc(Br)o1)NCc1csc(-c2ccccc2)n1. The van der Waals surface area contributed by atoms with Crippen LogP contribution >= 0.6 is 27.3 Å². The van der Waals surface area contributed by atoms with Crippen LogP contribution in [0, 0.1) is 0 Å². The number of aromatic nitrogens is 1. The third-order valence-electron chi connectivity index (χ3n) is 3.25. The monoisotopic (exact) mass is 419 g/mol. The van der Waals surface area contributed by atoms with E-state index in [0.717, 1.165) is 16.3 Å². The van der Waals surface area contributed by atoms with Crippen LogP contribution in [-0.4, -0.2) is 23.3 Å². The summed E-state index contributed by atoms with van der Waals surface area (Å²) in [5.41, 5.74) is 1.82. The van der Waals surface area contributed by atoms with Gasteiger partial charge in [-0.05, 0) is 28.1 Å². The molecule has 3 aromatic rings. The van der Waals surface area contributed by atoms with Gasteiger partial charge in [-0.15, -0.1) is 11.3 Å². The maximum Gasteiger partial charge on any atom is 0.287 e. The fraction of sp³-hybridized carbons (Fsp3) is 0.118. The lowest BCUT2D eigenvalue weighted by Crippen LogP contribution is -2.36. The highest BCUT2D eigenvalue weighted by Gasteiger charge is 2.12. The van der Waals surface area contributed by atoms with E-state index in [1.54, 1.807) is 6.07 Å². The summed E-state index contributed by atoms with van der Waals surface area (Å²) >= 11 is 4.64. The molecule has 8 heteroatoms. The number of furan rings is 1. The number of nitrogens with one attached hydrogen (secondary N) is 2. The normalized spacial score (nSPS) is 10.4. The first-order valence-electron chi connectivity index (χ1n) is 7.42. The summed E-state index contributed by atoms with van der Waals surface area (Å²) in [5.74, 6) is -0.596. The van der Waals surface area contributed by atoms with E-state index in [1.165, 1.54) is 17.4 Å². The molecule has 0 aliphatic rings. The molecule has 2 aromatic heterocycles. The minimum Gasteiger partial charge on any atom is -0.444 e. The van der Waals surface area contributed by atoms with Crippen LogP contribution in [0.5, 0.6) is 0 Å². The number of halogens is 1. The second-order valence-corrected chi connectivity index (χ2v) is 6.71. The minimum absolute atomic E-state index is 0.132. The van der Waals surface area contributed by atoms with Gasteiger partial charge in [0.15, 0.2) is 10.4 Å². The van der Waals surface area contributed by atoms with Gasteiger partial charge in [-0.25, -0.2) is 4.98 Å². The topological polar surface area (TPSA) is 84.2 Å². The molecule has 128 valence electrons. The van der Waals surface area contributed by atoms with Crippen molar-refractivity contribution in [3.63, 3.8) is 0 Å². The molecule has 2 amide bonds. The first-order chi connectivity index (χ1) is 12.1. The lowest BCUT2D eigenvalue weighted by Gasteiger charge is -2.04. The van der Waals surface area contributed by atoms with Gasteiger partial charge in [-0.1, -0.05) is 30.3 Å². The molecule has 2 N–H and O–H groups in total. The molecule has 0 aliphatic carbocycles. The lowest BCUT2D eigenvalue weighted by molar-refractivity contribution is -0.120. The highest BCUT2D eigenvalue weighted by molar-refractivity contribution is 9.10. The summed E-state index contributed by atoms with van der Waals surface area (Å²) in [6, 6.07) is 13.0. The van der Waals surface area contributed by atoms with Gasteiger partial charge in [0.2, 0.25) is 5.91 Å². The fourth-order valence-electron chi connectivity index (χ4n) is 2.04. The van der Waals surface area contributed by atoms with Crippen molar-refractivity contribution in [2.75, 3.05) is 6.54 Å². The highest BCUT2D eigenvalue weighted by atomic mass is 79.9. The second-order valence-electron chi connectivity index (χ2n) is 5.07. The zero-order valence-electron chi connectivity index (χ0n) is 13.0. The number of carbonyl (C=O) groups excluding carboxylic acids is 2. The third-order valence-corrected chi connectivity index (χ3v) is 4.61. The zero-order chi connectivity index (χ0) is 17.6. The number of thiazole rings is 1. The maximum absolute atomic E-state index is 11.8. The van der Waals surface area contributed by atoms with E-state index in [1.807, 2.05) is 35.7 Å². The van der Waals surface area contributed by atoms with E-state index in [-0.39, 0.29) is 18.2 Å². The number of hydrogen-bond acceptors (Lipinski definition) is 5. The van der Waals surface area contributed by atoms with Gasteiger partial charge < -0.3 is 15.1 Å². The Labute approximate surface area is 156 Å². The Morgan fingerprint density at radius 3 is 2.64 bits per heavy atom. The highest BCUT2D eigenvalue weighted by Crippen LogP contribution is 2.23. The number of amides is 2. The van der Waals surface area contributed by atoms with E-state index in [0.29, 0.717) is 11.2 Å². The van der Waals surface area contributed by atoms with E-state index in [2.05, 4.69) is 31.5 Å². The van der Waals surface area contributed by atoms with E-state index >= 15 is 0 Å². The molecule has 0 fully saturated rings. The van der Waals surface area contributed by atoms with Gasteiger partial charge in [0, 0.05) is 10.9 Å². The number of carbonyl (C=O) groups is 2. The van der Waals surface area contributed by atoms with E-state index < -0.39 is 5.91 Å². The van der Waals surface area contributed by atoms with Gasteiger partial charge in [-0.3, -0.25) is 9.59 Å². The van der Waals surface area contributed by atoms with E-state index in [9.17, 15) is 9.59 Å². The molecule has 3 rings (SSSR count). The molecule has 6 nitrogen and oxygen atoms in total. The predicted octanol–water partition coefficient (Wildman–Crippen LogP) is 3.21. The van der Waals surface area contributed by atoms with Gasteiger partial charge in [0.05, 0.1) is 18.8 Å². The average Bonchev–Trinajstić information content (AvgIpc) is 3.28. The second kappa shape index (κ2) is 8.09. The largest absolute Gasteiger partial charge is 0.444 e. The molecular weight excluding hydrogens is 406 g/mol. The average molecular weight is 420 g/mol. The first kappa shape index (κ1) is 17.4. The quantitative estimate of drug-likeness (QED) is 0.642. The van der Waals surface area contributed by atoms with Gasteiger partial charge in [0.25, 0.3) is 5.91 Å². The molecule has 0 spiro atoms. The Morgan fingerprint density at radius 2 is 1.92 bits per heavy atom. The number of rotatable bonds is 6. The molecule has 0 saturated heterocycles. The maximum atomic E-state index is 11.8. The summed E-state index contributed by atoms with van der Waals surface area (Å²) < 4.78 is 5.57.